The lowest BCUT2D eigenvalue weighted by molar-refractivity contribution is 0.296. The Morgan fingerprint density at radius 1 is 1.50 bits per heavy atom. The van der Waals surface area contributed by atoms with Crippen molar-refractivity contribution in [3.05, 3.63) is 23.5 Å². The molecule has 0 N–H and O–H groups in total. The van der Waals surface area contributed by atoms with E-state index < -0.39 is 11.4 Å². The van der Waals surface area contributed by atoms with E-state index >= 15 is 0 Å². The zero-order valence-electron chi connectivity index (χ0n) is 12.5. The van der Waals surface area contributed by atoms with Crippen molar-refractivity contribution in [1.82, 2.24) is 4.98 Å². The summed E-state index contributed by atoms with van der Waals surface area (Å²) in [7, 11) is 0. The summed E-state index contributed by atoms with van der Waals surface area (Å²) in [4.78, 5) is 4.28. The minimum atomic E-state index is -1.25. The first kappa shape index (κ1) is 15.3. The van der Waals surface area contributed by atoms with Crippen molar-refractivity contribution < 1.29 is 9.29 Å². The molecule has 0 radical (unpaired) electrons. The number of hydrogen-bond donors (Lipinski definition) is 0. The van der Waals surface area contributed by atoms with Gasteiger partial charge in [0.25, 0.3) is 0 Å². The van der Waals surface area contributed by atoms with Gasteiger partial charge in [-0.05, 0) is 58.1 Å². The molecule has 20 heavy (non-hydrogen) atoms. The van der Waals surface area contributed by atoms with Crippen molar-refractivity contribution in [3.63, 3.8) is 0 Å². The fourth-order valence-corrected chi connectivity index (χ4v) is 2.06. The molecule has 0 bridgehead atoms. The molecular formula is C15H22N2O2S. The standard InChI is InChI=1S/C15H22N2O2S/c1-11-7-13(8-17-20(18)15(2,3)4)16-9-14(11)19-10-12-5-6-12/h7-9,12H,5-6,10H2,1-4H3/b17-8+. The van der Waals surface area contributed by atoms with E-state index in [0.29, 0.717) is 5.69 Å². The van der Waals surface area contributed by atoms with E-state index in [1.165, 1.54) is 12.8 Å². The van der Waals surface area contributed by atoms with Gasteiger partial charge < -0.3 is 9.29 Å². The third kappa shape index (κ3) is 4.49. The van der Waals surface area contributed by atoms with Gasteiger partial charge in [0, 0.05) is 0 Å². The van der Waals surface area contributed by atoms with Gasteiger partial charge in [0.15, 0.2) is 0 Å². The first-order valence-electron chi connectivity index (χ1n) is 6.92. The first-order valence-corrected chi connectivity index (χ1v) is 8.02. The number of hydrogen-bond acceptors (Lipinski definition) is 4. The molecule has 0 aliphatic heterocycles. The quantitative estimate of drug-likeness (QED) is 0.619. The third-order valence-electron chi connectivity index (χ3n) is 3.06. The van der Waals surface area contributed by atoms with Crippen LogP contribution in [0.25, 0.3) is 0 Å². The maximum atomic E-state index is 11.8. The molecule has 1 fully saturated rings. The Morgan fingerprint density at radius 2 is 2.20 bits per heavy atom. The molecule has 4 nitrogen and oxygen atoms in total. The van der Waals surface area contributed by atoms with Crippen LogP contribution in [0.5, 0.6) is 5.75 Å². The zero-order valence-corrected chi connectivity index (χ0v) is 13.4. The Kier molecular flexibility index (Phi) is 4.70. The van der Waals surface area contributed by atoms with Crippen LogP contribution in [0.1, 0.15) is 44.9 Å². The molecule has 0 amide bonds. The van der Waals surface area contributed by atoms with Crippen LogP contribution in [0.4, 0.5) is 0 Å². The van der Waals surface area contributed by atoms with E-state index in [0.717, 1.165) is 23.8 Å². The van der Waals surface area contributed by atoms with Crippen molar-refractivity contribution >= 4 is 17.6 Å². The maximum Gasteiger partial charge on any atom is 0.144 e. The van der Waals surface area contributed by atoms with E-state index in [4.69, 9.17) is 4.74 Å². The molecule has 110 valence electrons. The SMILES string of the molecule is Cc1cc(/C=N/[S+]([O-])C(C)(C)C)ncc1OCC1CC1. The van der Waals surface area contributed by atoms with Crippen LogP contribution < -0.4 is 4.74 Å². The van der Waals surface area contributed by atoms with Crippen LogP contribution in [0.15, 0.2) is 16.7 Å². The summed E-state index contributed by atoms with van der Waals surface area (Å²) in [6, 6.07) is 1.91. The second-order valence-electron chi connectivity index (χ2n) is 6.23. The number of aryl methyl sites for hydroxylation is 1. The Hall–Kier alpha value is -1.07. The Bertz CT molecular complexity index is 493. The minimum Gasteiger partial charge on any atom is -0.591 e. The van der Waals surface area contributed by atoms with Gasteiger partial charge in [-0.3, -0.25) is 4.98 Å². The molecular weight excluding hydrogens is 272 g/mol. The molecule has 1 aromatic heterocycles. The number of pyridine rings is 1. The van der Waals surface area contributed by atoms with Crippen LogP contribution in [0.2, 0.25) is 0 Å². The van der Waals surface area contributed by atoms with Gasteiger partial charge in [0.2, 0.25) is 0 Å². The van der Waals surface area contributed by atoms with E-state index in [2.05, 4.69) is 9.38 Å². The van der Waals surface area contributed by atoms with Crippen molar-refractivity contribution in [1.29, 1.82) is 0 Å². The molecule has 1 saturated carbocycles. The molecule has 1 aromatic rings. The second-order valence-corrected chi connectivity index (χ2v) is 8.16. The average Bonchev–Trinajstić information content (AvgIpc) is 3.17. The monoisotopic (exact) mass is 294 g/mol. The smallest absolute Gasteiger partial charge is 0.144 e. The summed E-state index contributed by atoms with van der Waals surface area (Å²) in [6.07, 6.45) is 5.84. The lowest BCUT2D eigenvalue weighted by atomic mass is 10.2. The molecule has 1 atom stereocenters. The van der Waals surface area contributed by atoms with Crippen molar-refractivity contribution in [3.8, 4) is 5.75 Å². The molecule has 1 unspecified atom stereocenters. The van der Waals surface area contributed by atoms with E-state index in [1.54, 1.807) is 12.4 Å². The molecule has 5 heteroatoms. The van der Waals surface area contributed by atoms with Gasteiger partial charge in [-0.25, -0.2) is 0 Å². The number of aromatic nitrogens is 1. The highest BCUT2D eigenvalue weighted by Gasteiger charge is 2.26. The Balaban J connectivity index is 1.98. The lowest BCUT2D eigenvalue weighted by Gasteiger charge is -2.17. The first-order chi connectivity index (χ1) is 9.36. The molecule has 1 aliphatic rings. The van der Waals surface area contributed by atoms with Crippen LogP contribution in [0, 0.1) is 12.8 Å². The van der Waals surface area contributed by atoms with E-state index in [1.807, 2.05) is 33.8 Å². The van der Waals surface area contributed by atoms with Crippen molar-refractivity contribution in [2.45, 2.75) is 45.3 Å². The van der Waals surface area contributed by atoms with Gasteiger partial charge >= 0.3 is 0 Å². The Labute approximate surface area is 124 Å². The molecule has 1 heterocycles. The second kappa shape index (κ2) is 6.14. The third-order valence-corrected chi connectivity index (χ3v) is 4.40. The largest absolute Gasteiger partial charge is 0.591 e. The average molecular weight is 294 g/mol. The molecule has 0 spiro atoms. The van der Waals surface area contributed by atoms with Crippen molar-refractivity contribution in [2.24, 2.45) is 10.3 Å². The number of rotatable bonds is 5. The van der Waals surface area contributed by atoms with E-state index in [-0.39, 0.29) is 4.75 Å². The molecule has 0 aromatic carbocycles. The van der Waals surface area contributed by atoms with Gasteiger partial charge in [-0.2, -0.15) is 0 Å². The lowest BCUT2D eigenvalue weighted by Crippen LogP contribution is -2.25. The minimum absolute atomic E-state index is 0.348. The Morgan fingerprint density at radius 3 is 2.75 bits per heavy atom. The highest BCUT2D eigenvalue weighted by atomic mass is 32.2. The zero-order chi connectivity index (χ0) is 14.8. The molecule has 0 saturated heterocycles. The van der Waals surface area contributed by atoms with Crippen LogP contribution in [-0.4, -0.2) is 27.1 Å². The maximum absolute atomic E-state index is 11.8. The summed E-state index contributed by atoms with van der Waals surface area (Å²) >= 11 is -1.25. The number of ether oxygens (including phenoxy) is 1. The summed E-state index contributed by atoms with van der Waals surface area (Å²) in [5.74, 6) is 1.55. The van der Waals surface area contributed by atoms with Crippen LogP contribution in [0.3, 0.4) is 0 Å². The molecule has 2 rings (SSSR count). The summed E-state index contributed by atoms with van der Waals surface area (Å²) in [5, 5.41) is 0. The summed E-state index contributed by atoms with van der Waals surface area (Å²) in [5.41, 5.74) is 1.74. The highest BCUT2D eigenvalue weighted by Crippen LogP contribution is 2.30. The topological polar surface area (TPSA) is 57.5 Å². The summed E-state index contributed by atoms with van der Waals surface area (Å²) in [6.45, 7) is 8.46. The highest BCUT2D eigenvalue weighted by molar-refractivity contribution is 7.91. The fourth-order valence-electron chi connectivity index (χ4n) is 1.54. The van der Waals surface area contributed by atoms with Gasteiger partial charge in [0.05, 0.1) is 18.5 Å². The van der Waals surface area contributed by atoms with Crippen LogP contribution >= 0.6 is 0 Å². The van der Waals surface area contributed by atoms with Crippen molar-refractivity contribution in [2.75, 3.05) is 6.61 Å². The predicted molar refractivity (Wildman–Crippen MR) is 82.7 cm³/mol. The normalized spacial score (nSPS) is 17.4. The van der Waals surface area contributed by atoms with Crippen LogP contribution in [-0.2, 0) is 11.4 Å². The predicted octanol–water partition coefficient (Wildman–Crippen LogP) is 3.06. The molecule has 1 aliphatic carbocycles. The van der Waals surface area contributed by atoms with Gasteiger partial charge in [0.1, 0.15) is 28.1 Å². The summed E-state index contributed by atoms with van der Waals surface area (Å²) < 4.78 is 21.3. The van der Waals surface area contributed by atoms with Gasteiger partial charge in [-0.1, -0.05) is 4.40 Å². The van der Waals surface area contributed by atoms with Gasteiger partial charge in [-0.15, -0.1) is 0 Å². The fraction of sp³-hybridized carbons (Fsp3) is 0.600. The van der Waals surface area contributed by atoms with E-state index in [9.17, 15) is 4.55 Å². The number of nitrogens with zero attached hydrogens (tertiary/aromatic N) is 2.